The van der Waals surface area contributed by atoms with Gasteiger partial charge in [0, 0.05) is 23.4 Å². The number of nitrogens with zero attached hydrogens (tertiary/aromatic N) is 1. The zero-order chi connectivity index (χ0) is 22.3. The maximum Gasteiger partial charge on any atom is 0.337 e. The number of nitrogens with one attached hydrogen (secondary N) is 2. The van der Waals surface area contributed by atoms with Gasteiger partial charge in [-0.1, -0.05) is 20.8 Å². The summed E-state index contributed by atoms with van der Waals surface area (Å²) in [5.74, 6) is -0.298. The number of carbonyl (C=O) groups excluding carboxylic acids is 2. The van der Waals surface area contributed by atoms with Crippen LogP contribution in [0.4, 0.5) is 10.5 Å². The lowest BCUT2D eigenvalue weighted by Gasteiger charge is -2.30. The number of allylic oxidation sites excluding steroid dienone is 1. The number of benzene rings is 1. The third-order valence-corrected chi connectivity index (χ3v) is 4.43. The number of nitro benzene ring substituents is 1. The van der Waals surface area contributed by atoms with E-state index in [1.807, 2.05) is 13.8 Å². The zero-order valence-electron chi connectivity index (χ0n) is 17.6. The monoisotopic (exact) mass is 421 g/mol. The van der Waals surface area contributed by atoms with Crippen molar-refractivity contribution < 1.29 is 28.7 Å². The first kappa shape index (κ1) is 23.0. The second kappa shape index (κ2) is 10.5. The molecule has 1 aliphatic rings. The van der Waals surface area contributed by atoms with Gasteiger partial charge in [0.15, 0.2) is 0 Å². The fourth-order valence-electron chi connectivity index (χ4n) is 3.08. The summed E-state index contributed by atoms with van der Waals surface area (Å²) < 4.78 is 16.3. The van der Waals surface area contributed by atoms with Crippen LogP contribution in [0.1, 0.15) is 51.6 Å². The highest BCUT2D eigenvalue weighted by Crippen LogP contribution is 2.41. The molecule has 1 heterocycles. The average Bonchev–Trinajstić information content (AvgIpc) is 2.74. The van der Waals surface area contributed by atoms with Crippen LogP contribution in [0.25, 0.3) is 0 Å². The van der Waals surface area contributed by atoms with E-state index in [9.17, 15) is 19.7 Å². The minimum Gasteiger partial charge on any atom is -0.493 e. The van der Waals surface area contributed by atoms with E-state index in [1.165, 1.54) is 19.2 Å². The maximum absolute atomic E-state index is 12.5. The Kier molecular flexibility index (Phi) is 8.02. The summed E-state index contributed by atoms with van der Waals surface area (Å²) in [6, 6.07) is 1.21. The van der Waals surface area contributed by atoms with Crippen LogP contribution in [-0.4, -0.2) is 37.2 Å². The first-order valence-electron chi connectivity index (χ1n) is 9.84. The number of hydrogen-bond donors (Lipinski definition) is 2. The molecule has 10 nitrogen and oxygen atoms in total. The van der Waals surface area contributed by atoms with Crippen LogP contribution in [0.2, 0.25) is 0 Å². The van der Waals surface area contributed by atoms with Gasteiger partial charge in [-0.2, -0.15) is 0 Å². The minimum absolute atomic E-state index is 0.0660. The zero-order valence-corrected chi connectivity index (χ0v) is 17.6. The van der Waals surface area contributed by atoms with E-state index in [0.717, 1.165) is 0 Å². The normalized spacial score (nSPS) is 15.9. The van der Waals surface area contributed by atoms with E-state index in [-0.39, 0.29) is 28.3 Å². The molecule has 0 spiro atoms. The van der Waals surface area contributed by atoms with Gasteiger partial charge in [0.1, 0.15) is 5.75 Å². The molecule has 2 amide bonds. The van der Waals surface area contributed by atoms with E-state index >= 15 is 0 Å². The summed E-state index contributed by atoms with van der Waals surface area (Å²) in [7, 11) is 1.23. The Hall–Kier alpha value is -3.30. The molecule has 0 saturated carbocycles. The Morgan fingerprint density at radius 1 is 1.13 bits per heavy atom. The number of rotatable bonds is 10. The smallest absolute Gasteiger partial charge is 0.337 e. The van der Waals surface area contributed by atoms with Gasteiger partial charge in [-0.3, -0.25) is 10.1 Å². The number of nitro groups is 1. The number of methoxy groups -OCH3 is 1. The molecule has 1 aromatic carbocycles. The SMILES string of the molecule is CCCOc1cc(OCCC)c([N+](=O)[O-])cc1C1NC(=O)NC(CC)=C1C(=O)OC. The molecular formula is C20H27N3O7. The van der Waals surface area contributed by atoms with Gasteiger partial charge >= 0.3 is 17.7 Å². The molecule has 2 rings (SSSR count). The van der Waals surface area contributed by atoms with E-state index < -0.39 is 23.0 Å². The summed E-state index contributed by atoms with van der Waals surface area (Å²) in [5, 5.41) is 16.9. The van der Waals surface area contributed by atoms with E-state index in [4.69, 9.17) is 14.2 Å². The van der Waals surface area contributed by atoms with E-state index in [0.29, 0.717) is 38.2 Å². The highest BCUT2D eigenvalue weighted by molar-refractivity contribution is 5.95. The number of hydrogen-bond acceptors (Lipinski definition) is 7. The largest absolute Gasteiger partial charge is 0.493 e. The molecule has 1 aliphatic heterocycles. The predicted octanol–water partition coefficient (Wildman–Crippen LogP) is 3.36. The van der Waals surface area contributed by atoms with Gasteiger partial charge in [0.2, 0.25) is 5.75 Å². The number of urea groups is 1. The summed E-state index contributed by atoms with van der Waals surface area (Å²) in [4.78, 5) is 35.8. The van der Waals surface area contributed by atoms with Gasteiger partial charge in [-0.05, 0) is 19.3 Å². The standard InChI is InChI=1S/C20H27N3O7/c1-5-8-29-15-11-16(30-9-6-2)14(23(26)27)10-12(15)18-17(19(24)28-4)13(7-3)21-20(25)22-18/h10-11,18H,5-9H2,1-4H3,(H2,21,22,25). The Morgan fingerprint density at radius 2 is 1.77 bits per heavy atom. The molecule has 1 atom stereocenters. The van der Waals surface area contributed by atoms with Crippen molar-refractivity contribution in [3.05, 3.63) is 39.1 Å². The molecular weight excluding hydrogens is 394 g/mol. The van der Waals surface area contributed by atoms with Crippen LogP contribution in [0.5, 0.6) is 11.5 Å². The topological polar surface area (TPSA) is 129 Å². The van der Waals surface area contributed by atoms with Crippen molar-refractivity contribution in [3.63, 3.8) is 0 Å². The van der Waals surface area contributed by atoms with Crippen molar-refractivity contribution in [2.75, 3.05) is 20.3 Å². The van der Waals surface area contributed by atoms with E-state index in [2.05, 4.69) is 10.6 Å². The third-order valence-electron chi connectivity index (χ3n) is 4.43. The lowest BCUT2D eigenvalue weighted by Crippen LogP contribution is -2.45. The molecule has 0 aromatic heterocycles. The summed E-state index contributed by atoms with van der Waals surface area (Å²) in [6.07, 6.45) is 1.73. The van der Waals surface area contributed by atoms with Gasteiger partial charge in [0.05, 0.1) is 36.9 Å². The third kappa shape index (κ3) is 5.00. The molecule has 0 saturated heterocycles. The number of amides is 2. The number of carbonyl (C=O) groups is 2. The fourth-order valence-corrected chi connectivity index (χ4v) is 3.08. The van der Waals surface area contributed by atoms with Crippen molar-refractivity contribution in [3.8, 4) is 11.5 Å². The molecule has 0 aliphatic carbocycles. The van der Waals surface area contributed by atoms with Crippen LogP contribution in [0, 0.1) is 10.1 Å². The summed E-state index contributed by atoms with van der Waals surface area (Å²) in [5.41, 5.74) is 0.543. The molecule has 0 fully saturated rings. The average molecular weight is 421 g/mol. The molecule has 164 valence electrons. The van der Waals surface area contributed by atoms with Crippen molar-refractivity contribution in [1.82, 2.24) is 10.6 Å². The van der Waals surface area contributed by atoms with Crippen LogP contribution >= 0.6 is 0 Å². The quantitative estimate of drug-likeness (QED) is 0.337. The number of ether oxygens (including phenoxy) is 3. The second-order valence-corrected chi connectivity index (χ2v) is 6.58. The second-order valence-electron chi connectivity index (χ2n) is 6.58. The van der Waals surface area contributed by atoms with Crippen molar-refractivity contribution in [2.45, 2.75) is 46.1 Å². The minimum atomic E-state index is -0.980. The summed E-state index contributed by atoms with van der Waals surface area (Å²) >= 11 is 0. The Morgan fingerprint density at radius 3 is 2.30 bits per heavy atom. The number of esters is 1. The van der Waals surface area contributed by atoms with E-state index in [1.54, 1.807) is 6.92 Å². The summed E-state index contributed by atoms with van der Waals surface area (Å²) in [6.45, 7) is 6.22. The lowest BCUT2D eigenvalue weighted by atomic mass is 9.93. The molecule has 10 heteroatoms. The highest BCUT2D eigenvalue weighted by Gasteiger charge is 2.36. The van der Waals surface area contributed by atoms with Crippen molar-refractivity contribution in [1.29, 1.82) is 0 Å². The van der Waals surface area contributed by atoms with Crippen molar-refractivity contribution in [2.24, 2.45) is 0 Å². The van der Waals surface area contributed by atoms with Crippen LogP contribution in [0.15, 0.2) is 23.4 Å². The van der Waals surface area contributed by atoms with Crippen molar-refractivity contribution >= 4 is 17.7 Å². The van der Waals surface area contributed by atoms with Crippen LogP contribution in [-0.2, 0) is 9.53 Å². The highest BCUT2D eigenvalue weighted by atomic mass is 16.6. The molecule has 0 radical (unpaired) electrons. The van der Waals surface area contributed by atoms with Gasteiger partial charge < -0.3 is 24.8 Å². The molecule has 30 heavy (non-hydrogen) atoms. The van der Waals surface area contributed by atoms with Gasteiger partial charge in [-0.25, -0.2) is 9.59 Å². The van der Waals surface area contributed by atoms with Crippen LogP contribution in [0.3, 0.4) is 0 Å². The molecule has 1 aromatic rings. The fraction of sp³-hybridized carbons (Fsp3) is 0.500. The van der Waals surface area contributed by atoms with Gasteiger partial charge in [-0.15, -0.1) is 0 Å². The maximum atomic E-state index is 12.5. The molecule has 0 bridgehead atoms. The Balaban J connectivity index is 2.71. The first-order chi connectivity index (χ1) is 14.4. The Labute approximate surface area is 174 Å². The van der Waals surface area contributed by atoms with Crippen LogP contribution < -0.4 is 20.1 Å². The predicted molar refractivity (Wildman–Crippen MR) is 108 cm³/mol. The molecule has 1 unspecified atom stereocenters. The first-order valence-corrected chi connectivity index (χ1v) is 9.84. The molecule has 2 N–H and O–H groups in total. The Bertz CT molecular complexity index is 851. The van der Waals surface area contributed by atoms with Gasteiger partial charge in [0.25, 0.3) is 0 Å². The lowest BCUT2D eigenvalue weighted by molar-refractivity contribution is -0.386.